The summed E-state index contributed by atoms with van der Waals surface area (Å²) in [5.41, 5.74) is 12.2. The molecule has 1 aromatic heterocycles. The second-order valence-corrected chi connectivity index (χ2v) is 4.32. The molecule has 0 bridgehead atoms. The minimum atomic E-state index is -1.15. The molecule has 18 heavy (non-hydrogen) atoms. The predicted octanol–water partition coefficient (Wildman–Crippen LogP) is -0.432. The van der Waals surface area contributed by atoms with Gasteiger partial charge >= 0.3 is 0 Å². The van der Waals surface area contributed by atoms with E-state index in [1.807, 2.05) is 0 Å². The van der Waals surface area contributed by atoms with Crippen LogP contribution in [0.4, 0.5) is 0 Å². The van der Waals surface area contributed by atoms with Crippen molar-refractivity contribution in [2.24, 2.45) is 11.5 Å². The first-order chi connectivity index (χ1) is 8.31. The molecular weight excluding hydrogens is 252 g/mol. The van der Waals surface area contributed by atoms with Gasteiger partial charge in [0.1, 0.15) is 4.99 Å². The van der Waals surface area contributed by atoms with E-state index in [1.54, 1.807) is 26.0 Å². The maximum absolute atomic E-state index is 11.9. The first-order valence-electron chi connectivity index (χ1n) is 5.16. The van der Waals surface area contributed by atoms with Gasteiger partial charge in [0.15, 0.2) is 6.04 Å². The number of aryl methyl sites for hydroxylation is 2. The molecule has 0 aliphatic heterocycles. The van der Waals surface area contributed by atoms with Gasteiger partial charge in [-0.2, -0.15) is 0 Å². The van der Waals surface area contributed by atoms with Crippen molar-refractivity contribution in [3.8, 4) is 0 Å². The summed E-state index contributed by atoms with van der Waals surface area (Å²) < 4.78 is 0. The van der Waals surface area contributed by atoms with E-state index in [4.69, 9.17) is 11.5 Å². The molecule has 0 aliphatic rings. The molecule has 2 amide bonds. The van der Waals surface area contributed by atoms with Gasteiger partial charge in [0.05, 0.1) is 0 Å². The number of hydrogen-bond donors (Lipinski definition) is 3. The number of primary amides is 1. The summed E-state index contributed by atoms with van der Waals surface area (Å²) in [7, 11) is 0. The Labute approximate surface area is 110 Å². The Morgan fingerprint density at radius 2 is 1.78 bits per heavy atom. The fourth-order valence-electron chi connectivity index (χ4n) is 1.46. The zero-order chi connectivity index (χ0) is 13.9. The lowest BCUT2D eigenvalue weighted by molar-refractivity contribution is -0.118. The Balaban J connectivity index is 2.94. The van der Waals surface area contributed by atoms with Gasteiger partial charge in [0.25, 0.3) is 5.91 Å². The highest BCUT2D eigenvalue weighted by Crippen LogP contribution is 2.05. The molecule has 0 aliphatic carbocycles. The summed E-state index contributed by atoms with van der Waals surface area (Å²) in [6, 6.07) is 2.04. The SMILES string of the molecule is Cc1cc(C(=O)NC(C(N)=O)C(N)=S)cc(C)n1. The number of thiocarbonyl (C=S) groups is 1. The van der Waals surface area contributed by atoms with Crippen LogP contribution in [-0.2, 0) is 4.79 Å². The Hall–Kier alpha value is -2.02. The van der Waals surface area contributed by atoms with Crippen LogP contribution in [0.5, 0.6) is 0 Å². The minimum Gasteiger partial charge on any atom is -0.391 e. The van der Waals surface area contributed by atoms with E-state index in [0.29, 0.717) is 17.0 Å². The number of nitrogens with two attached hydrogens (primary N) is 2. The van der Waals surface area contributed by atoms with Crippen molar-refractivity contribution in [3.05, 3.63) is 29.1 Å². The fourth-order valence-corrected chi connectivity index (χ4v) is 1.64. The van der Waals surface area contributed by atoms with Gasteiger partial charge in [-0.05, 0) is 26.0 Å². The smallest absolute Gasteiger partial charge is 0.252 e. The summed E-state index contributed by atoms with van der Waals surface area (Å²) in [4.78, 5) is 27.0. The monoisotopic (exact) mass is 266 g/mol. The standard InChI is InChI=1S/C11H14N4O2S/c1-5-3-7(4-6(2)14-5)11(17)15-8(9(12)16)10(13)18/h3-4,8H,1-2H3,(H2,12,16)(H2,13,18)(H,15,17). The van der Waals surface area contributed by atoms with Crippen molar-refractivity contribution in [2.45, 2.75) is 19.9 Å². The van der Waals surface area contributed by atoms with E-state index in [1.165, 1.54) is 0 Å². The van der Waals surface area contributed by atoms with Crippen molar-refractivity contribution in [1.82, 2.24) is 10.3 Å². The molecule has 1 rings (SSSR count). The highest BCUT2D eigenvalue weighted by atomic mass is 32.1. The molecule has 0 saturated carbocycles. The molecule has 7 heteroatoms. The lowest BCUT2D eigenvalue weighted by Gasteiger charge is -2.14. The number of pyridine rings is 1. The van der Waals surface area contributed by atoms with Gasteiger partial charge in [-0.1, -0.05) is 12.2 Å². The molecule has 1 heterocycles. The third-order valence-corrected chi connectivity index (χ3v) is 2.42. The highest BCUT2D eigenvalue weighted by Gasteiger charge is 2.21. The first-order valence-corrected chi connectivity index (χ1v) is 5.57. The third kappa shape index (κ3) is 3.49. The van der Waals surface area contributed by atoms with Crippen LogP contribution in [0.2, 0.25) is 0 Å². The Kier molecular flexibility index (Phi) is 4.33. The van der Waals surface area contributed by atoms with E-state index >= 15 is 0 Å². The summed E-state index contributed by atoms with van der Waals surface area (Å²) in [5.74, 6) is -1.27. The lowest BCUT2D eigenvalue weighted by atomic mass is 10.1. The zero-order valence-corrected chi connectivity index (χ0v) is 10.9. The number of amides is 2. The Morgan fingerprint density at radius 1 is 1.28 bits per heavy atom. The minimum absolute atomic E-state index is 0.168. The van der Waals surface area contributed by atoms with Crippen LogP contribution < -0.4 is 16.8 Å². The van der Waals surface area contributed by atoms with Gasteiger partial charge in [-0.15, -0.1) is 0 Å². The first kappa shape index (κ1) is 14.0. The molecule has 0 radical (unpaired) electrons. The van der Waals surface area contributed by atoms with Crippen LogP contribution in [-0.4, -0.2) is 27.8 Å². The topological polar surface area (TPSA) is 111 Å². The molecular formula is C11H14N4O2S. The molecule has 0 saturated heterocycles. The summed E-state index contributed by atoms with van der Waals surface area (Å²) in [5, 5.41) is 2.38. The Bertz CT molecular complexity index is 482. The molecule has 0 aromatic carbocycles. The van der Waals surface area contributed by atoms with Gasteiger partial charge in [-0.3, -0.25) is 14.6 Å². The predicted molar refractivity (Wildman–Crippen MR) is 70.9 cm³/mol. The van der Waals surface area contributed by atoms with Gasteiger partial charge in [0.2, 0.25) is 5.91 Å². The molecule has 6 nitrogen and oxygen atoms in total. The van der Waals surface area contributed by atoms with Crippen LogP contribution >= 0.6 is 12.2 Å². The molecule has 1 atom stereocenters. The van der Waals surface area contributed by atoms with E-state index in [-0.39, 0.29) is 4.99 Å². The lowest BCUT2D eigenvalue weighted by Crippen LogP contribution is -2.51. The van der Waals surface area contributed by atoms with Crippen molar-refractivity contribution in [2.75, 3.05) is 0 Å². The van der Waals surface area contributed by atoms with Crippen molar-refractivity contribution in [3.63, 3.8) is 0 Å². The highest BCUT2D eigenvalue weighted by molar-refractivity contribution is 7.80. The summed E-state index contributed by atoms with van der Waals surface area (Å²) in [6.07, 6.45) is 0. The van der Waals surface area contributed by atoms with Crippen molar-refractivity contribution < 1.29 is 9.59 Å². The number of aromatic nitrogens is 1. The maximum Gasteiger partial charge on any atom is 0.252 e. The normalized spacial score (nSPS) is 11.7. The summed E-state index contributed by atoms with van der Waals surface area (Å²) in [6.45, 7) is 3.53. The van der Waals surface area contributed by atoms with E-state index < -0.39 is 17.9 Å². The molecule has 0 spiro atoms. The fraction of sp³-hybridized carbons (Fsp3) is 0.273. The van der Waals surface area contributed by atoms with E-state index in [0.717, 1.165) is 0 Å². The number of rotatable bonds is 4. The van der Waals surface area contributed by atoms with Crippen LogP contribution in [0.15, 0.2) is 12.1 Å². The molecule has 1 aromatic rings. The number of carbonyl (C=O) groups is 2. The van der Waals surface area contributed by atoms with Crippen LogP contribution in [0, 0.1) is 13.8 Å². The number of nitrogens with one attached hydrogen (secondary N) is 1. The van der Waals surface area contributed by atoms with Gasteiger partial charge < -0.3 is 16.8 Å². The second-order valence-electron chi connectivity index (χ2n) is 3.85. The number of hydrogen-bond acceptors (Lipinski definition) is 4. The average Bonchev–Trinajstić information content (AvgIpc) is 2.23. The number of carbonyl (C=O) groups excluding carboxylic acids is 2. The van der Waals surface area contributed by atoms with Gasteiger partial charge in [0, 0.05) is 17.0 Å². The van der Waals surface area contributed by atoms with Crippen LogP contribution in [0.3, 0.4) is 0 Å². The van der Waals surface area contributed by atoms with Crippen LogP contribution in [0.25, 0.3) is 0 Å². The van der Waals surface area contributed by atoms with Crippen molar-refractivity contribution in [1.29, 1.82) is 0 Å². The van der Waals surface area contributed by atoms with Crippen molar-refractivity contribution >= 4 is 29.0 Å². The number of nitrogens with zero attached hydrogens (tertiary/aromatic N) is 1. The molecule has 96 valence electrons. The maximum atomic E-state index is 11.9. The molecule has 0 fully saturated rings. The summed E-state index contributed by atoms with van der Waals surface area (Å²) >= 11 is 4.66. The van der Waals surface area contributed by atoms with Crippen LogP contribution in [0.1, 0.15) is 21.7 Å². The van der Waals surface area contributed by atoms with E-state index in [2.05, 4.69) is 22.5 Å². The molecule has 5 N–H and O–H groups in total. The zero-order valence-electron chi connectivity index (χ0n) is 10.1. The second kappa shape index (κ2) is 5.54. The molecule has 1 unspecified atom stereocenters. The largest absolute Gasteiger partial charge is 0.391 e. The van der Waals surface area contributed by atoms with Gasteiger partial charge in [-0.25, -0.2) is 0 Å². The Morgan fingerprint density at radius 3 is 2.17 bits per heavy atom. The third-order valence-electron chi connectivity index (χ3n) is 2.19. The van der Waals surface area contributed by atoms with E-state index in [9.17, 15) is 9.59 Å². The quantitative estimate of drug-likeness (QED) is 0.640. The average molecular weight is 266 g/mol.